The topological polar surface area (TPSA) is 82.9 Å². The molecule has 2 aromatic rings. The van der Waals surface area contributed by atoms with Crippen molar-refractivity contribution in [3.8, 4) is 6.07 Å². The Bertz CT molecular complexity index is 796. The van der Waals surface area contributed by atoms with E-state index in [4.69, 9.17) is 5.26 Å². The van der Waals surface area contributed by atoms with E-state index in [9.17, 15) is 8.42 Å². The van der Waals surface area contributed by atoms with E-state index in [0.29, 0.717) is 11.1 Å². The van der Waals surface area contributed by atoms with Gasteiger partial charge in [-0.1, -0.05) is 12.1 Å². The zero-order chi connectivity index (χ0) is 15.5. The predicted octanol–water partition coefficient (Wildman–Crippen LogP) is 2.97. The molecule has 0 bridgehead atoms. The van der Waals surface area contributed by atoms with Crippen molar-refractivity contribution in [2.45, 2.75) is 12.7 Å². The van der Waals surface area contributed by atoms with Crippen molar-refractivity contribution in [3.63, 3.8) is 0 Å². The van der Waals surface area contributed by atoms with Gasteiger partial charge in [0.15, 0.2) is 0 Å². The fourth-order valence-electron chi connectivity index (χ4n) is 1.69. The Morgan fingerprint density at radius 2 is 2.00 bits per heavy atom. The van der Waals surface area contributed by atoms with Gasteiger partial charge in [0.05, 0.1) is 17.4 Å². The minimum atomic E-state index is -3.55. The van der Waals surface area contributed by atoms with Crippen LogP contribution in [0.3, 0.4) is 0 Å². The summed E-state index contributed by atoms with van der Waals surface area (Å²) >= 11 is 3.31. The third-order valence-corrected chi connectivity index (χ3v) is 4.81. The number of halogens is 1. The number of nitrogens with zero attached hydrogens (tertiary/aromatic N) is 2. The molecule has 0 saturated heterocycles. The van der Waals surface area contributed by atoms with Gasteiger partial charge in [-0.05, 0) is 52.2 Å². The Morgan fingerprint density at radius 3 is 2.57 bits per heavy atom. The van der Waals surface area contributed by atoms with Crippen LogP contribution in [-0.4, -0.2) is 13.4 Å². The van der Waals surface area contributed by atoms with Crippen molar-refractivity contribution < 1.29 is 8.42 Å². The fourth-order valence-corrected chi connectivity index (χ4v) is 3.04. The first-order valence-corrected chi connectivity index (χ1v) is 8.46. The lowest BCUT2D eigenvalue weighted by Crippen LogP contribution is -2.16. The Morgan fingerprint density at radius 1 is 1.33 bits per heavy atom. The second-order valence-corrected chi connectivity index (χ2v) is 7.07. The lowest BCUT2D eigenvalue weighted by molar-refractivity contribution is 0.600. The molecule has 0 aliphatic carbocycles. The number of sulfonamides is 1. The Kier molecular flexibility index (Phi) is 4.60. The van der Waals surface area contributed by atoms with Crippen LogP contribution in [0.2, 0.25) is 0 Å². The van der Waals surface area contributed by atoms with E-state index in [-0.39, 0.29) is 11.6 Å². The van der Waals surface area contributed by atoms with E-state index < -0.39 is 10.0 Å². The third-order valence-electron chi connectivity index (χ3n) is 2.75. The summed E-state index contributed by atoms with van der Waals surface area (Å²) in [5, 5.41) is 8.71. The quantitative estimate of drug-likeness (QED) is 0.902. The highest BCUT2D eigenvalue weighted by Crippen LogP contribution is 2.18. The molecule has 5 nitrogen and oxygen atoms in total. The van der Waals surface area contributed by atoms with Gasteiger partial charge in [-0.15, -0.1) is 0 Å². The van der Waals surface area contributed by atoms with Crippen molar-refractivity contribution in [2.24, 2.45) is 0 Å². The second-order valence-electron chi connectivity index (χ2n) is 4.49. The first kappa shape index (κ1) is 15.5. The number of rotatable bonds is 4. The van der Waals surface area contributed by atoms with Gasteiger partial charge in [-0.25, -0.2) is 13.4 Å². The van der Waals surface area contributed by atoms with Crippen LogP contribution >= 0.6 is 15.9 Å². The lowest BCUT2D eigenvalue weighted by atomic mass is 10.2. The molecule has 0 aliphatic rings. The van der Waals surface area contributed by atoms with Gasteiger partial charge in [-0.3, -0.25) is 4.72 Å². The maximum Gasteiger partial charge on any atom is 0.238 e. The van der Waals surface area contributed by atoms with E-state index in [1.54, 1.807) is 36.5 Å². The van der Waals surface area contributed by atoms with E-state index >= 15 is 0 Å². The number of aryl methyl sites for hydroxylation is 1. The summed E-state index contributed by atoms with van der Waals surface area (Å²) in [6.45, 7) is 1.85. The van der Waals surface area contributed by atoms with E-state index in [1.165, 1.54) is 0 Å². The first-order chi connectivity index (χ1) is 9.89. The lowest BCUT2D eigenvalue weighted by Gasteiger charge is -2.08. The number of hydrogen-bond acceptors (Lipinski definition) is 4. The van der Waals surface area contributed by atoms with Crippen LogP contribution in [0.1, 0.15) is 16.7 Å². The molecule has 0 unspecified atom stereocenters. The van der Waals surface area contributed by atoms with Gasteiger partial charge in [0.25, 0.3) is 0 Å². The monoisotopic (exact) mass is 365 g/mol. The van der Waals surface area contributed by atoms with Crippen LogP contribution in [0.4, 0.5) is 5.82 Å². The summed E-state index contributed by atoms with van der Waals surface area (Å²) in [6.07, 6.45) is 1.55. The standard InChI is InChI=1S/C14H12BrN3O2S/c1-10-6-14(17-8-13(10)15)18-21(19,20)9-12-4-2-11(7-16)3-5-12/h2-6,8H,9H2,1H3,(H,17,18). The molecule has 0 aliphatic heterocycles. The second kappa shape index (κ2) is 6.24. The molecule has 0 atom stereocenters. The molecule has 1 heterocycles. The highest BCUT2D eigenvalue weighted by molar-refractivity contribution is 9.10. The molecule has 2 rings (SSSR count). The number of aromatic nitrogens is 1. The highest BCUT2D eigenvalue weighted by atomic mass is 79.9. The summed E-state index contributed by atoms with van der Waals surface area (Å²) in [7, 11) is -3.55. The summed E-state index contributed by atoms with van der Waals surface area (Å²) < 4.78 is 27.4. The number of pyridine rings is 1. The molecule has 0 fully saturated rings. The minimum absolute atomic E-state index is 0.171. The Balaban J connectivity index is 2.14. The van der Waals surface area contributed by atoms with Crippen LogP contribution in [0.25, 0.3) is 0 Å². The molecule has 108 valence electrons. The number of benzene rings is 1. The van der Waals surface area contributed by atoms with Crippen LogP contribution < -0.4 is 4.72 Å². The Labute approximate surface area is 131 Å². The fraction of sp³-hybridized carbons (Fsp3) is 0.143. The van der Waals surface area contributed by atoms with Crippen molar-refractivity contribution in [3.05, 3.63) is 57.7 Å². The molecule has 7 heteroatoms. The normalized spacial score (nSPS) is 10.9. The zero-order valence-corrected chi connectivity index (χ0v) is 13.6. The molecule has 0 radical (unpaired) electrons. The third kappa shape index (κ3) is 4.28. The molecule has 0 saturated carbocycles. The molecule has 0 spiro atoms. The van der Waals surface area contributed by atoms with Crippen molar-refractivity contribution in [1.82, 2.24) is 4.98 Å². The summed E-state index contributed by atoms with van der Waals surface area (Å²) in [5.41, 5.74) is 1.99. The van der Waals surface area contributed by atoms with Gasteiger partial charge >= 0.3 is 0 Å². The molecular formula is C14H12BrN3O2S. The van der Waals surface area contributed by atoms with Crippen molar-refractivity contribution in [2.75, 3.05) is 4.72 Å². The average Bonchev–Trinajstić information content (AvgIpc) is 2.43. The summed E-state index contributed by atoms with van der Waals surface area (Å²) in [6, 6.07) is 10.1. The smallest absolute Gasteiger partial charge is 0.238 e. The van der Waals surface area contributed by atoms with Crippen molar-refractivity contribution >= 4 is 31.8 Å². The molecule has 0 amide bonds. The molecule has 1 aromatic heterocycles. The Hall–Kier alpha value is -1.91. The maximum atomic E-state index is 12.1. The minimum Gasteiger partial charge on any atom is -0.267 e. The van der Waals surface area contributed by atoms with E-state index in [0.717, 1.165) is 10.0 Å². The summed E-state index contributed by atoms with van der Waals surface area (Å²) in [4.78, 5) is 4.01. The van der Waals surface area contributed by atoms with E-state index in [2.05, 4.69) is 25.6 Å². The molecule has 1 aromatic carbocycles. The van der Waals surface area contributed by atoms with E-state index in [1.807, 2.05) is 13.0 Å². The predicted molar refractivity (Wildman–Crippen MR) is 84.1 cm³/mol. The first-order valence-electron chi connectivity index (χ1n) is 6.01. The largest absolute Gasteiger partial charge is 0.267 e. The number of nitriles is 1. The average molecular weight is 366 g/mol. The summed E-state index contributed by atoms with van der Waals surface area (Å²) in [5.74, 6) is 0.111. The van der Waals surface area contributed by atoms with Crippen LogP contribution in [0.5, 0.6) is 0 Å². The van der Waals surface area contributed by atoms with Gasteiger partial charge in [0.1, 0.15) is 5.82 Å². The number of nitrogens with one attached hydrogen (secondary N) is 1. The zero-order valence-electron chi connectivity index (χ0n) is 11.2. The maximum absolute atomic E-state index is 12.1. The number of anilines is 1. The van der Waals surface area contributed by atoms with Crippen LogP contribution in [0.15, 0.2) is 41.0 Å². The van der Waals surface area contributed by atoms with Gasteiger partial charge < -0.3 is 0 Å². The molecular weight excluding hydrogens is 354 g/mol. The number of hydrogen-bond donors (Lipinski definition) is 1. The van der Waals surface area contributed by atoms with Crippen LogP contribution in [-0.2, 0) is 15.8 Å². The molecule has 1 N–H and O–H groups in total. The SMILES string of the molecule is Cc1cc(NS(=O)(=O)Cc2ccc(C#N)cc2)ncc1Br. The van der Waals surface area contributed by atoms with Gasteiger partial charge in [0.2, 0.25) is 10.0 Å². The molecule has 21 heavy (non-hydrogen) atoms. The van der Waals surface area contributed by atoms with Gasteiger partial charge in [-0.2, -0.15) is 5.26 Å². The highest BCUT2D eigenvalue weighted by Gasteiger charge is 2.13. The van der Waals surface area contributed by atoms with Crippen LogP contribution in [0, 0.1) is 18.3 Å². The van der Waals surface area contributed by atoms with Gasteiger partial charge in [0, 0.05) is 10.7 Å². The van der Waals surface area contributed by atoms with Crippen molar-refractivity contribution in [1.29, 1.82) is 5.26 Å².